The Kier molecular flexibility index (Phi) is 11.2. The van der Waals surface area contributed by atoms with E-state index >= 15 is 0 Å². The van der Waals surface area contributed by atoms with E-state index in [9.17, 15) is 0 Å². The molecular weight excluding hydrogens is 869 g/mol. The summed E-state index contributed by atoms with van der Waals surface area (Å²) in [5, 5.41) is 0. The van der Waals surface area contributed by atoms with Crippen molar-refractivity contribution in [2.75, 3.05) is 9.80 Å². The fourth-order valence-corrected chi connectivity index (χ4v) is 11.2. The SMILES string of the molecule is c1ccc(-c2ccc(N(c3ccc(-c4ccccc4)cc3)c3ccc(-c4cc5c6c(c4)CCc4cc(N(c7ccc(-c8ccccc8)cc7)c7ccc(-c8ccccc8)cc7)cc(c4-6)CC5)cc3)cc2)cc1. The fraction of sp³-hybridized carbons (Fsp3) is 0.0571. The number of benzene rings is 11. The molecule has 2 nitrogen and oxygen atoms in total. The first kappa shape index (κ1) is 43.1. The Bertz CT molecular complexity index is 3440. The highest BCUT2D eigenvalue weighted by molar-refractivity contribution is 5.89. The summed E-state index contributed by atoms with van der Waals surface area (Å²) < 4.78 is 0. The third-order valence-electron chi connectivity index (χ3n) is 14.8. The van der Waals surface area contributed by atoms with Gasteiger partial charge in [0.05, 0.1) is 0 Å². The maximum atomic E-state index is 2.48. The van der Waals surface area contributed by atoms with E-state index in [1.165, 1.54) is 94.7 Å². The summed E-state index contributed by atoms with van der Waals surface area (Å²) in [6.45, 7) is 0. The Morgan fingerprint density at radius 2 is 0.389 bits per heavy atom. The molecule has 0 unspecified atom stereocenters. The highest BCUT2D eigenvalue weighted by atomic mass is 15.1. The van der Waals surface area contributed by atoms with E-state index < -0.39 is 0 Å². The quantitative estimate of drug-likeness (QED) is 0.128. The van der Waals surface area contributed by atoms with Crippen LogP contribution in [0.5, 0.6) is 0 Å². The zero-order valence-electron chi connectivity index (χ0n) is 40.1. The summed E-state index contributed by atoms with van der Waals surface area (Å²) in [5.74, 6) is 0. The summed E-state index contributed by atoms with van der Waals surface area (Å²) >= 11 is 0. The lowest BCUT2D eigenvalue weighted by molar-refractivity contribution is 0.876. The van der Waals surface area contributed by atoms with Crippen LogP contribution in [0.1, 0.15) is 22.3 Å². The van der Waals surface area contributed by atoms with Crippen LogP contribution in [0.2, 0.25) is 0 Å². The highest BCUT2D eigenvalue weighted by Gasteiger charge is 2.29. The summed E-state index contributed by atoms with van der Waals surface area (Å²) in [4.78, 5) is 4.83. The molecule has 0 aliphatic heterocycles. The lowest BCUT2D eigenvalue weighted by atomic mass is 9.74. The maximum absolute atomic E-state index is 2.48. The molecule has 0 saturated carbocycles. The van der Waals surface area contributed by atoms with Crippen LogP contribution < -0.4 is 9.80 Å². The average molecular weight is 921 g/mol. The van der Waals surface area contributed by atoms with Crippen molar-refractivity contribution in [3.63, 3.8) is 0 Å². The summed E-state index contributed by atoms with van der Waals surface area (Å²) in [6.07, 6.45) is 4.07. The van der Waals surface area contributed by atoms with E-state index in [0.29, 0.717) is 0 Å². The van der Waals surface area contributed by atoms with Crippen LogP contribution in [0.25, 0.3) is 66.8 Å². The van der Waals surface area contributed by atoms with Gasteiger partial charge in [-0.2, -0.15) is 0 Å². The van der Waals surface area contributed by atoms with Crippen LogP contribution in [0.3, 0.4) is 0 Å². The number of hydrogen-bond acceptors (Lipinski definition) is 2. The van der Waals surface area contributed by atoms with E-state index in [2.05, 4.69) is 277 Å². The van der Waals surface area contributed by atoms with E-state index in [1.54, 1.807) is 0 Å². The molecule has 2 aliphatic carbocycles. The van der Waals surface area contributed by atoms with Crippen LogP contribution in [-0.4, -0.2) is 0 Å². The third kappa shape index (κ3) is 8.27. The van der Waals surface area contributed by atoms with Gasteiger partial charge in [0.25, 0.3) is 0 Å². The van der Waals surface area contributed by atoms with E-state index in [1.807, 2.05) is 0 Å². The van der Waals surface area contributed by atoms with Gasteiger partial charge in [0, 0.05) is 34.1 Å². The molecule has 0 amide bonds. The molecule has 0 radical (unpaired) electrons. The molecule has 0 aromatic heterocycles. The molecule has 0 bridgehead atoms. The van der Waals surface area contributed by atoms with E-state index in [-0.39, 0.29) is 0 Å². The summed E-state index contributed by atoms with van der Waals surface area (Å²) in [5.41, 5.74) is 28.0. The van der Waals surface area contributed by atoms with Crippen LogP contribution in [0, 0.1) is 0 Å². The minimum Gasteiger partial charge on any atom is -0.311 e. The number of aryl methyl sites for hydroxylation is 4. The second-order valence-corrected chi connectivity index (χ2v) is 19.2. The van der Waals surface area contributed by atoms with Crippen LogP contribution in [-0.2, 0) is 25.7 Å². The van der Waals surface area contributed by atoms with E-state index in [0.717, 1.165) is 54.1 Å². The summed E-state index contributed by atoms with van der Waals surface area (Å²) in [7, 11) is 0. The van der Waals surface area contributed by atoms with Gasteiger partial charge in [-0.1, -0.05) is 194 Å². The third-order valence-corrected chi connectivity index (χ3v) is 14.8. The zero-order valence-corrected chi connectivity index (χ0v) is 40.1. The Labute approximate surface area is 423 Å². The van der Waals surface area contributed by atoms with Crippen molar-refractivity contribution in [2.45, 2.75) is 25.7 Å². The molecule has 0 spiro atoms. The smallest absolute Gasteiger partial charge is 0.0467 e. The average Bonchev–Trinajstić information content (AvgIpc) is 3.46. The van der Waals surface area contributed by atoms with Gasteiger partial charge >= 0.3 is 0 Å². The number of rotatable bonds is 11. The second-order valence-electron chi connectivity index (χ2n) is 19.2. The number of nitrogens with zero attached hydrogens (tertiary/aromatic N) is 2. The fourth-order valence-electron chi connectivity index (χ4n) is 11.2. The Morgan fingerprint density at radius 1 is 0.181 bits per heavy atom. The van der Waals surface area contributed by atoms with Crippen molar-refractivity contribution in [3.05, 3.63) is 289 Å². The molecule has 2 aliphatic rings. The predicted octanol–water partition coefficient (Wildman–Crippen LogP) is 18.8. The molecule has 342 valence electrons. The van der Waals surface area contributed by atoms with E-state index in [4.69, 9.17) is 0 Å². The largest absolute Gasteiger partial charge is 0.311 e. The van der Waals surface area contributed by atoms with Gasteiger partial charge in [0.2, 0.25) is 0 Å². The van der Waals surface area contributed by atoms with Gasteiger partial charge in [0.1, 0.15) is 0 Å². The molecule has 13 rings (SSSR count). The molecule has 11 aromatic carbocycles. The molecule has 0 atom stereocenters. The number of anilines is 6. The van der Waals surface area contributed by atoms with Crippen molar-refractivity contribution >= 4 is 34.1 Å². The molecule has 0 heterocycles. The Morgan fingerprint density at radius 3 is 0.653 bits per heavy atom. The van der Waals surface area contributed by atoms with Gasteiger partial charge in [-0.15, -0.1) is 0 Å². The molecule has 72 heavy (non-hydrogen) atoms. The summed E-state index contributed by atoms with van der Waals surface area (Å²) in [6, 6.07) is 97.8. The lowest BCUT2D eigenvalue weighted by Crippen LogP contribution is -2.17. The molecule has 0 saturated heterocycles. The van der Waals surface area contributed by atoms with Crippen molar-refractivity contribution in [1.29, 1.82) is 0 Å². The minimum atomic E-state index is 1.01. The van der Waals surface area contributed by atoms with Crippen LogP contribution in [0.4, 0.5) is 34.1 Å². The van der Waals surface area contributed by atoms with Crippen molar-refractivity contribution in [1.82, 2.24) is 0 Å². The lowest BCUT2D eigenvalue weighted by Gasteiger charge is -2.33. The zero-order chi connectivity index (χ0) is 47.8. The van der Waals surface area contributed by atoms with Crippen LogP contribution >= 0.6 is 0 Å². The van der Waals surface area contributed by atoms with Crippen LogP contribution in [0.15, 0.2) is 267 Å². The molecule has 11 aromatic rings. The predicted molar refractivity (Wildman–Crippen MR) is 303 cm³/mol. The molecule has 0 fully saturated rings. The first-order valence-electron chi connectivity index (χ1n) is 25.3. The monoisotopic (exact) mass is 920 g/mol. The standard InChI is InChI=1S/C70H52N2/c1-5-13-49(14-6-1)53-25-35-63(36-26-53)71(64-37-27-54(28-38-64)50-15-7-2-8-16-50)65-43-33-57(34-44-65)62-45-58-21-23-60-47-68(48-61-24-22-59(46-62)69(58)70(60)61)72(66-39-29-55(30-40-66)51-17-9-3-10-18-51)67-41-31-56(32-42-67)52-19-11-4-12-20-52/h1-20,25-48H,21-24H2. The molecule has 0 N–H and O–H groups in total. The van der Waals surface area contributed by atoms with Gasteiger partial charge in [-0.3, -0.25) is 0 Å². The Balaban J connectivity index is 0.828. The second kappa shape index (κ2) is 18.7. The Hall–Kier alpha value is -8.98. The highest BCUT2D eigenvalue weighted by Crippen LogP contribution is 2.48. The molecular formula is C70H52N2. The maximum Gasteiger partial charge on any atom is 0.0467 e. The first-order chi connectivity index (χ1) is 35.7. The van der Waals surface area contributed by atoms with Gasteiger partial charge < -0.3 is 9.80 Å². The first-order valence-corrected chi connectivity index (χ1v) is 25.3. The number of hydrogen-bond donors (Lipinski definition) is 0. The van der Waals surface area contributed by atoms with Gasteiger partial charge in [-0.25, -0.2) is 0 Å². The topological polar surface area (TPSA) is 6.48 Å². The van der Waals surface area contributed by atoms with Crippen molar-refractivity contribution < 1.29 is 0 Å². The van der Waals surface area contributed by atoms with Crippen molar-refractivity contribution in [3.8, 4) is 66.8 Å². The normalized spacial score (nSPS) is 12.2. The van der Waals surface area contributed by atoms with Gasteiger partial charge in [-0.05, 0) is 187 Å². The minimum absolute atomic E-state index is 1.01. The van der Waals surface area contributed by atoms with Gasteiger partial charge in [0.15, 0.2) is 0 Å². The van der Waals surface area contributed by atoms with Crippen molar-refractivity contribution in [2.24, 2.45) is 0 Å². The molecule has 2 heteroatoms.